The summed E-state index contributed by atoms with van der Waals surface area (Å²) in [5.74, 6) is 0.208. The minimum Gasteiger partial charge on any atom is -0.392 e. The minimum absolute atomic E-state index is 0.208. The van der Waals surface area contributed by atoms with Gasteiger partial charge in [-0.05, 0) is 17.9 Å². The first-order valence-corrected chi connectivity index (χ1v) is 8.51. The van der Waals surface area contributed by atoms with E-state index in [2.05, 4.69) is 27.3 Å². The van der Waals surface area contributed by atoms with Crippen LogP contribution in [0, 0.1) is 0 Å². The third kappa shape index (κ3) is 4.03. The summed E-state index contributed by atoms with van der Waals surface area (Å²) in [6, 6.07) is 4.26. The molecule has 0 aliphatic carbocycles. The van der Waals surface area contributed by atoms with E-state index in [0.717, 1.165) is 45.7 Å². The fourth-order valence-corrected chi connectivity index (χ4v) is 3.77. The highest BCUT2D eigenvalue weighted by Gasteiger charge is 2.26. The predicted molar refractivity (Wildman–Crippen MR) is 83.2 cm³/mol. The van der Waals surface area contributed by atoms with E-state index in [0.29, 0.717) is 13.1 Å². The molecule has 1 aromatic rings. The van der Waals surface area contributed by atoms with Crippen molar-refractivity contribution in [3.63, 3.8) is 0 Å². The normalized spacial score (nSPS) is 24.6. The number of carbonyl (C=O) groups is 1. The largest absolute Gasteiger partial charge is 0.392 e. The summed E-state index contributed by atoms with van der Waals surface area (Å²) in [4.78, 5) is 20.1. The van der Waals surface area contributed by atoms with Crippen LogP contribution in [0.4, 0.5) is 0 Å². The predicted octanol–water partition coefficient (Wildman–Crippen LogP) is 0.459. The van der Waals surface area contributed by atoms with E-state index in [4.69, 9.17) is 0 Å². The van der Waals surface area contributed by atoms with Gasteiger partial charge in [0.05, 0.1) is 12.6 Å². The second-order valence-electron chi connectivity index (χ2n) is 5.91. The summed E-state index contributed by atoms with van der Waals surface area (Å²) < 4.78 is 0. The van der Waals surface area contributed by atoms with E-state index in [1.54, 1.807) is 11.3 Å². The third-order valence-corrected chi connectivity index (χ3v) is 5.15. The molecule has 116 valence electrons. The topological polar surface area (TPSA) is 47.0 Å². The number of aliphatic hydroxyl groups excluding tert-OH is 1. The van der Waals surface area contributed by atoms with Crippen LogP contribution in [0.1, 0.15) is 11.3 Å². The molecule has 1 aromatic heterocycles. The van der Waals surface area contributed by atoms with Crippen molar-refractivity contribution in [1.82, 2.24) is 14.7 Å². The van der Waals surface area contributed by atoms with Gasteiger partial charge in [0.25, 0.3) is 0 Å². The number of thiophene rings is 1. The molecular weight excluding hydrogens is 286 g/mol. The highest BCUT2D eigenvalue weighted by molar-refractivity contribution is 7.09. The lowest BCUT2D eigenvalue weighted by molar-refractivity contribution is -0.134. The maximum Gasteiger partial charge on any atom is 0.236 e. The van der Waals surface area contributed by atoms with Gasteiger partial charge in [-0.25, -0.2) is 0 Å². The number of amides is 1. The van der Waals surface area contributed by atoms with Gasteiger partial charge < -0.3 is 10.0 Å². The number of piperazine rings is 1. The molecule has 0 bridgehead atoms. The lowest BCUT2D eigenvalue weighted by atomic mass is 10.3. The first-order valence-electron chi connectivity index (χ1n) is 7.63. The maximum absolute atomic E-state index is 12.3. The Bertz CT molecular complexity index is 457. The maximum atomic E-state index is 12.3. The summed E-state index contributed by atoms with van der Waals surface area (Å²) >= 11 is 1.79. The lowest BCUT2D eigenvalue weighted by Crippen LogP contribution is -2.50. The smallest absolute Gasteiger partial charge is 0.236 e. The van der Waals surface area contributed by atoms with Crippen LogP contribution in [0.5, 0.6) is 0 Å². The highest BCUT2D eigenvalue weighted by Crippen LogP contribution is 2.14. The molecule has 21 heavy (non-hydrogen) atoms. The van der Waals surface area contributed by atoms with Crippen LogP contribution in [0.15, 0.2) is 17.5 Å². The van der Waals surface area contributed by atoms with Gasteiger partial charge in [-0.1, -0.05) is 6.07 Å². The van der Waals surface area contributed by atoms with Crippen molar-refractivity contribution < 1.29 is 9.90 Å². The quantitative estimate of drug-likeness (QED) is 0.878. The number of nitrogens with zero attached hydrogens (tertiary/aromatic N) is 3. The van der Waals surface area contributed by atoms with Gasteiger partial charge >= 0.3 is 0 Å². The molecule has 2 fully saturated rings. The summed E-state index contributed by atoms with van der Waals surface area (Å²) in [5.41, 5.74) is 0. The van der Waals surface area contributed by atoms with Crippen molar-refractivity contribution in [2.24, 2.45) is 0 Å². The SMILES string of the molecule is O=C(CN1CC[C@H](O)C1)N1CCN(Cc2cccs2)CC1. The molecule has 2 saturated heterocycles. The average Bonchev–Trinajstić information content (AvgIpc) is 3.12. The van der Waals surface area contributed by atoms with E-state index >= 15 is 0 Å². The number of carbonyl (C=O) groups excluding carboxylic acids is 1. The molecule has 2 aliphatic rings. The van der Waals surface area contributed by atoms with Crippen LogP contribution in [0.2, 0.25) is 0 Å². The number of aliphatic hydroxyl groups is 1. The van der Waals surface area contributed by atoms with Crippen molar-refractivity contribution >= 4 is 17.2 Å². The number of hydrogen-bond donors (Lipinski definition) is 1. The molecule has 6 heteroatoms. The summed E-state index contributed by atoms with van der Waals surface area (Å²) in [7, 11) is 0. The summed E-state index contributed by atoms with van der Waals surface area (Å²) in [5, 5.41) is 11.6. The Morgan fingerprint density at radius 3 is 2.67 bits per heavy atom. The van der Waals surface area contributed by atoms with Crippen LogP contribution < -0.4 is 0 Å². The highest BCUT2D eigenvalue weighted by atomic mass is 32.1. The van der Waals surface area contributed by atoms with Gasteiger partial charge in [0.2, 0.25) is 5.91 Å². The Morgan fingerprint density at radius 1 is 1.24 bits per heavy atom. The third-order valence-electron chi connectivity index (χ3n) is 4.29. The molecule has 0 radical (unpaired) electrons. The molecule has 0 unspecified atom stereocenters. The van der Waals surface area contributed by atoms with E-state index in [-0.39, 0.29) is 12.0 Å². The van der Waals surface area contributed by atoms with Crippen LogP contribution >= 0.6 is 11.3 Å². The fraction of sp³-hybridized carbons (Fsp3) is 0.667. The molecule has 1 atom stereocenters. The zero-order chi connectivity index (χ0) is 14.7. The van der Waals surface area contributed by atoms with E-state index in [9.17, 15) is 9.90 Å². The standard InChI is InChI=1S/C15H23N3O2S/c19-13-3-4-17(10-13)12-15(20)18-7-5-16(6-8-18)11-14-2-1-9-21-14/h1-2,9,13,19H,3-8,10-12H2/t13-/m0/s1. The Labute approximate surface area is 129 Å². The van der Waals surface area contributed by atoms with Gasteiger partial charge in [-0.3, -0.25) is 14.6 Å². The fourth-order valence-electron chi connectivity index (χ4n) is 3.03. The molecule has 0 spiro atoms. The second kappa shape index (κ2) is 6.87. The van der Waals surface area contributed by atoms with Gasteiger partial charge in [0.15, 0.2) is 0 Å². The van der Waals surface area contributed by atoms with Crippen LogP contribution in [0.25, 0.3) is 0 Å². The van der Waals surface area contributed by atoms with E-state index < -0.39 is 0 Å². The molecule has 0 saturated carbocycles. The monoisotopic (exact) mass is 309 g/mol. The molecule has 5 nitrogen and oxygen atoms in total. The summed E-state index contributed by atoms with van der Waals surface area (Å²) in [6.45, 7) is 6.48. The first kappa shape index (κ1) is 15.0. The average molecular weight is 309 g/mol. The Balaban J connectivity index is 1.41. The van der Waals surface area contributed by atoms with Crippen molar-refractivity contribution in [1.29, 1.82) is 0 Å². The van der Waals surface area contributed by atoms with Crippen LogP contribution in [0.3, 0.4) is 0 Å². The van der Waals surface area contributed by atoms with Gasteiger partial charge in [0.1, 0.15) is 0 Å². The van der Waals surface area contributed by atoms with Crippen molar-refractivity contribution in [2.75, 3.05) is 45.8 Å². The molecule has 2 aliphatic heterocycles. The molecule has 0 aromatic carbocycles. The Kier molecular flexibility index (Phi) is 4.90. The molecular formula is C15H23N3O2S. The second-order valence-corrected chi connectivity index (χ2v) is 6.95. The number of rotatable bonds is 4. The first-order chi connectivity index (χ1) is 10.2. The van der Waals surface area contributed by atoms with Crippen molar-refractivity contribution in [3.05, 3.63) is 22.4 Å². The molecule has 1 amide bonds. The van der Waals surface area contributed by atoms with Crippen molar-refractivity contribution in [2.45, 2.75) is 19.1 Å². The van der Waals surface area contributed by atoms with E-state index in [1.807, 2.05) is 4.90 Å². The number of likely N-dealkylation sites (tertiary alicyclic amines) is 1. The van der Waals surface area contributed by atoms with Crippen LogP contribution in [-0.2, 0) is 11.3 Å². The Hall–Kier alpha value is -0.950. The summed E-state index contributed by atoms with van der Waals surface area (Å²) in [6.07, 6.45) is 0.544. The zero-order valence-corrected chi connectivity index (χ0v) is 13.1. The van der Waals surface area contributed by atoms with Crippen LogP contribution in [-0.4, -0.2) is 77.6 Å². The van der Waals surface area contributed by atoms with Gasteiger partial charge in [-0.2, -0.15) is 0 Å². The number of hydrogen-bond acceptors (Lipinski definition) is 5. The minimum atomic E-state index is -0.250. The molecule has 1 N–H and O–H groups in total. The van der Waals surface area contributed by atoms with E-state index in [1.165, 1.54) is 4.88 Å². The Morgan fingerprint density at radius 2 is 2.05 bits per heavy atom. The van der Waals surface area contributed by atoms with Gasteiger partial charge in [-0.15, -0.1) is 11.3 Å². The van der Waals surface area contributed by atoms with Gasteiger partial charge in [0, 0.05) is 50.7 Å². The number of β-amino-alcohol motifs (C(OH)–C–C–N with tert-alkyl or cyclic N) is 1. The molecule has 3 rings (SSSR count). The molecule has 3 heterocycles. The lowest BCUT2D eigenvalue weighted by Gasteiger charge is -2.35. The zero-order valence-electron chi connectivity index (χ0n) is 12.3. The van der Waals surface area contributed by atoms with Crippen molar-refractivity contribution in [3.8, 4) is 0 Å².